The molecule has 0 saturated heterocycles. The Bertz CT molecular complexity index is 800. The molecule has 5 heteroatoms. The van der Waals surface area contributed by atoms with Gasteiger partial charge in [0, 0.05) is 27.1 Å². The molecule has 0 aliphatic carbocycles. The highest BCUT2D eigenvalue weighted by atomic mass is 79.9. The molecular weight excluding hydrogens is 438 g/mol. The lowest BCUT2D eigenvalue weighted by Gasteiger charge is -2.33. The van der Waals surface area contributed by atoms with Crippen LogP contribution in [0.25, 0.3) is 0 Å². The Morgan fingerprint density at radius 1 is 1.00 bits per heavy atom. The molecule has 0 aliphatic rings. The standard InChI is InChI=1S/C23H31BrClNO2/c1-22(2,3)15-23(4,5)26-13-17-11-20(27-6)21(12-18(17)24)28-14-16-9-7-8-10-19(16)25/h7-12,26H,13-15H2,1-6H3. The molecule has 0 bridgehead atoms. The normalized spacial score (nSPS) is 12.1. The lowest BCUT2D eigenvalue weighted by Crippen LogP contribution is -2.41. The van der Waals surface area contributed by atoms with Crippen LogP contribution in [0.1, 0.15) is 52.2 Å². The first-order chi connectivity index (χ1) is 13.0. The third-order valence-corrected chi connectivity index (χ3v) is 5.51. The minimum atomic E-state index is 0.0319. The first-order valence-electron chi connectivity index (χ1n) is 9.48. The van der Waals surface area contributed by atoms with Crippen LogP contribution >= 0.6 is 27.5 Å². The van der Waals surface area contributed by atoms with Crippen LogP contribution in [-0.4, -0.2) is 12.6 Å². The van der Waals surface area contributed by atoms with Crippen molar-refractivity contribution in [2.45, 2.75) is 59.7 Å². The minimum absolute atomic E-state index is 0.0319. The predicted molar refractivity (Wildman–Crippen MR) is 121 cm³/mol. The molecule has 0 aromatic heterocycles. The molecule has 2 aromatic carbocycles. The van der Waals surface area contributed by atoms with E-state index in [1.807, 2.05) is 36.4 Å². The Morgan fingerprint density at radius 3 is 2.29 bits per heavy atom. The van der Waals surface area contributed by atoms with Gasteiger partial charge in [-0.1, -0.05) is 66.5 Å². The fourth-order valence-electron chi connectivity index (χ4n) is 3.48. The van der Waals surface area contributed by atoms with Crippen molar-refractivity contribution in [2.24, 2.45) is 5.41 Å². The summed E-state index contributed by atoms with van der Waals surface area (Å²) in [5.41, 5.74) is 2.37. The zero-order chi connectivity index (χ0) is 20.9. The molecule has 0 spiro atoms. The molecule has 0 saturated carbocycles. The fraction of sp³-hybridized carbons (Fsp3) is 0.478. The fourth-order valence-corrected chi connectivity index (χ4v) is 4.13. The van der Waals surface area contributed by atoms with Crippen molar-refractivity contribution in [2.75, 3.05) is 7.11 Å². The van der Waals surface area contributed by atoms with Crippen LogP contribution in [-0.2, 0) is 13.2 Å². The summed E-state index contributed by atoms with van der Waals surface area (Å²) in [4.78, 5) is 0. The van der Waals surface area contributed by atoms with Gasteiger partial charge in [0.05, 0.1) is 7.11 Å². The van der Waals surface area contributed by atoms with Crippen LogP contribution in [0, 0.1) is 5.41 Å². The molecule has 28 heavy (non-hydrogen) atoms. The van der Waals surface area contributed by atoms with Gasteiger partial charge in [-0.25, -0.2) is 0 Å². The van der Waals surface area contributed by atoms with Gasteiger partial charge >= 0.3 is 0 Å². The topological polar surface area (TPSA) is 30.5 Å². The van der Waals surface area contributed by atoms with E-state index in [0.717, 1.165) is 28.6 Å². The highest BCUT2D eigenvalue weighted by molar-refractivity contribution is 9.10. The Labute approximate surface area is 182 Å². The number of halogens is 2. The quantitative estimate of drug-likeness (QED) is 0.452. The maximum Gasteiger partial charge on any atom is 0.162 e. The van der Waals surface area contributed by atoms with Crippen molar-refractivity contribution >= 4 is 27.5 Å². The number of rotatable bonds is 8. The van der Waals surface area contributed by atoms with Crippen LogP contribution < -0.4 is 14.8 Å². The summed E-state index contributed by atoms with van der Waals surface area (Å²) in [6.07, 6.45) is 1.08. The third-order valence-electron chi connectivity index (χ3n) is 4.40. The lowest BCUT2D eigenvalue weighted by atomic mass is 9.82. The molecule has 0 radical (unpaired) electrons. The maximum atomic E-state index is 6.22. The first-order valence-corrected chi connectivity index (χ1v) is 10.7. The lowest BCUT2D eigenvalue weighted by molar-refractivity contribution is 0.240. The third kappa shape index (κ3) is 6.98. The molecule has 3 nitrogen and oxygen atoms in total. The number of methoxy groups -OCH3 is 1. The second kappa shape index (κ2) is 9.51. The van der Waals surface area contributed by atoms with Crippen LogP contribution in [0.4, 0.5) is 0 Å². The molecule has 0 fully saturated rings. The average Bonchev–Trinajstić information content (AvgIpc) is 2.58. The van der Waals surface area contributed by atoms with Crippen molar-refractivity contribution in [3.05, 3.63) is 57.0 Å². The minimum Gasteiger partial charge on any atom is -0.493 e. The summed E-state index contributed by atoms with van der Waals surface area (Å²) < 4.78 is 12.5. The van der Waals surface area contributed by atoms with Crippen molar-refractivity contribution in [3.63, 3.8) is 0 Å². The van der Waals surface area contributed by atoms with Gasteiger partial charge in [-0.05, 0) is 49.4 Å². The second-order valence-corrected chi connectivity index (χ2v) is 10.2. The zero-order valence-corrected chi connectivity index (χ0v) is 20.0. The van der Waals surface area contributed by atoms with Crippen LogP contribution in [0.3, 0.4) is 0 Å². The average molecular weight is 469 g/mol. The molecule has 0 unspecified atom stereocenters. The molecule has 0 heterocycles. The van der Waals surface area contributed by atoms with Crippen LogP contribution in [0.15, 0.2) is 40.9 Å². The van der Waals surface area contributed by atoms with E-state index in [9.17, 15) is 0 Å². The number of hydrogen-bond acceptors (Lipinski definition) is 3. The number of nitrogens with one attached hydrogen (secondary N) is 1. The van der Waals surface area contributed by atoms with E-state index in [-0.39, 0.29) is 11.0 Å². The van der Waals surface area contributed by atoms with E-state index >= 15 is 0 Å². The van der Waals surface area contributed by atoms with E-state index in [4.69, 9.17) is 21.1 Å². The van der Waals surface area contributed by atoms with E-state index in [1.54, 1.807) is 7.11 Å². The smallest absolute Gasteiger partial charge is 0.162 e. The summed E-state index contributed by atoms with van der Waals surface area (Å²) in [6, 6.07) is 11.7. The van der Waals surface area contributed by atoms with E-state index < -0.39 is 0 Å². The largest absolute Gasteiger partial charge is 0.493 e. The van der Waals surface area contributed by atoms with Crippen molar-refractivity contribution < 1.29 is 9.47 Å². The Kier molecular flexibility index (Phi) is 7.83. The van der Waals surface area contributed by atoms with Gasteiger partial charge in [0.15, 0.2) is 11.5 Å². The van der Waals surface area contributed by atoms with Crippen molar-refractivity contribution in [1.82, 2.24) is 5.32 Å². The summed E-state index contributed by atoms with van der Waals surface area (Å²) in [6.45, 7) is 12.4. The molecule has 0 aliphatic heterocycles. The Hall–Kier alpha value is -1.23. The SMILES string of the molecule is COc1cc(CNC(C)(C)CC(C)(C)C)c(Br)cc1OCc1ccccc1Cl. The summed E-state index contributed by atoms with van der Waals surface area (Å²) in [5, 5.41) is 4.36. The molecule has 2 rings (SSSR count). The van der Waals surface area contributed by atoms with Crippen LogP contribution in [0.5, 0.6) is 11.5 Å². The Morgan fingerprint density at radius 2 is 1.68 bits per heavy atom. The van der Waals surface area contributed by atoms with E-state index in [0.29, 0.717) is 23.1 Å². The maximum absolute atomic E-state index is 6.22. The zero-order valence-electron chi connectivity index (χ0n) is 17.7. The van der Waals surface area contributed by atoms with Gasteiger partial charge in [-0.2, -0.15) is 0 Å². The van der Waals surface area contributed by atoms with E-state index in [2.05, 4.69) is 55.9 Å². The van der Waals surface area contributed by atoms with Crippen LogP contribution in [0.2, 0.25) is 5.02 Å². The first kappa shape index (κ1) is 23.1. The molecule has 154 valence electrons. The summed E-state index contributed by atoms with van der Waals surface area (Å²) in [5.74, 6) is 1.40. The second-order valence-electron chi connectivity index (χ2n) is 8.95. The van der Waals surface area contributed by atoms with E-state index in [1.165, 1.54) is 0 Å². The molecule has 0 amide bonds. The van der Waals surface area contributed by atoms with Gasteiger partial charge in [-0.15, -0.1) is 0 Å². The van der Waals surface area contributed by atoms with Crippen molar-refractivity contribution in [1.29, 1.82) is 0 Å². The molecule has 0 atom stereocenters. The number of ether oxygens (including phenoxy) is 2. The predicted octanol–water partition coefficient (Wildman–Crippen LogP) is 6.99. The monoisotopic (exact) mass is 467 g/mol. The Balaban J connectivity index is 2.11. The number of hydrogen-bond donors (Lipinski definition) is 1. The van der Waals surface area contributed by atoms with Gasteiger partial charge in [0.2, 0.25) is 0 Å². The molecular formula is C23H31BrClNO2. The highest BCUT2D eigenvalue weighted by Crippen LogP contribution is 2.35. The molecule has 1 N–H and O–H groups in total. The number of benzene rings is 2. The van der Waals surface area contributed by atoms with Gasteiger partial charge in [0.1, 0.15) is 6.61 Å². The van der Waals surface area contributed by atoms with Gasteiger partial charge < -0.3 is 14.8 Å². The summed E-state index contributed by atoms with van der Waals surface area (Å²) >= 11 is 9.90. The van der Waals surface area contributed by atoms with Gasteiger partial charge in [0.25, 0.3) is 0 Å². The van der Waals surface area contributed by atoms with Gasteiger partial charge in [-0.3, -0.25) is 0 Å². The summed E-state index contributed by atoms with van der Waals surface area (Å²) in [7, 11) is 1.66. The highest BCUT2D eigenvalue weighted by Gasteiger charge is 2.25. The molecule has 2 aromatic rings. The van der Waals surface area contributed by atoms with Crippen molar-refractivity contribution in [3.8, 4) is 11.5 Å².